The molecular formula is C13H23N3O2. The van der Waals surface area contributed by atoms with Crippen LogP contribution >= 0.6 is 0 Å². The van der Waals surface area contributed by atoms with Crippen molar-refractivity contribution in [2.24, 2.45) is 11.7 Å². The Morgan fingerprint density at radius 2 is 2.00 bits per heavy atom. The van der Waals surface area contributed by atoms with E-state index in [0.717, 1.165) is 0 Å². The van der Waals surface area contributed by atoms with Gasteiger partial charge in [-0.15, -0.1) is 0 Å². The maximum Gasteiger partial charge on any atom is 0.246 e. The van der Waals surface area contributed by atoms with E-state index in [9.17, 15) is 9.59 Å². The van der Waals surface area contributed by atoms with Gasteiger partial charge in [-0.05, 0) is 18.9 Å². The standard InChI is InChI=1S/C13H23N3O2/c1-5-11(17)16-7-6-15(8-10(16)4)12(9(2)3)13(14)18/h5,9-10,12H,1,6-8H2,2-4H3,(H2,14,18). The highest BCUT2D eigenvalue weighted by Gasteiger charge is 2.33. The Morgan fingerprint density at radius 1 is 1.39 bits per heavy atom. The highest BCUT2D eigenvalue weighted by Crippen LogP contribution is 2.17. The number of piperazine rings is 1. The number of carbonyl (C=O) groups is 2. The fraction of sp³-hybridized carbons (Fsp3) is 0.692. The second-order valence-electron chi connectivity index (χ2n) is 5.17. The summed E-state index contributed by atoms with van der Waals surface area (Å²) in [4.78, 5) is 27.0. The van der Waals surface area contributed by atoms with Crippen LogP contribution < -0.4 is 5.73 Å². The molecule has 0 aromatic carbocycles. The molecule has 1 saturated heterocycles. The topological polar surface area (TPSA) is 66.6 Å². The maximum absolute atomic E-state index is 11.6. The van der Waals surface area contributed by atoms with E-state index in [-0.39, 0.29) is 29.8 Å². The molecule has 0 aromatic rings. The summed E-state index contributed by atoms with van der Waals surface area (Å²) in [5.74, 6) is -0.167. The minimum atomic E-state index is -0.291. The molecule has 1 rings (SSSR count). The van der Waals surface area contributed by atoms with E-state index < -0.39 is 0 Å². The van der Waals surface area contributed by atoms with Crippen molar-refractivity contribution in [1.82, 2.24) is 9.80 Å². The first-order chi connectivity index (χ1) is 8.38. The molecule has 0 aliphatic carbocycles. The molecule has 0 bridgehead atoms. The van der Waals surface area contributed by atoms with E-state index in [1.807, 2.05) is 20.8 Å². The van der Waals surface area contributed by atoms with Crippen LogP contribution in [-0.2, 0) is 9.59 Å². The lowest BCUT2D eigenvalue weighted by atomic mass is 9.99. The number of hydrogen-bond acceptors (Lipinski definition) is 3. The molecule has 5 nitrogen and oxygen atoms in total. The minimum absolute atomic E-state index is 0.0534. The number of rotatable bonds is 4. The zero-order valence-corrected chi connectivity index (χ0v) is 11.4. The Morgan fingerprint density at radius 3 is 2.39 bits per heavy atom. The molecule has 0 radical (unpaired) electrons. The first-order valence-corrected chi connectivity index (χ1v) is 6.34. The molecule has 0 spiro atoms. The van der Waals surface area contributed by atoms with Crippen molar-refractivity contribution in [2.45, 2.75) is 32.9 Å². The average Bonchev–Trinajstić information content (AvgIpc) is 2.27. The average molecular weight is 253 g/mol. The summed E-state index contributed by atoms with van der Waals surface area (Å²) >= 11 is 0. The minimum Gasteiger partial charge on any atom is -0.368 e. The second kappa shape index (κ2) is 6.00. The van der Waals surface area contributed by atoms with Crippen LogP contribution in [0.15, 0.2) is 12.7 Å². The Bertz CT molecular complexity index is 341. The summed E-state index contributed by atoms with van der Waals surface area (Å²) in [5.41, 5.74) is 5.46. The fourth-order valence-corrected chi connectivity index (χ4v) is 2.61. The van der Waals surface area contributed by atoms with Crippen LogP contribution in [0.2, 0.25) is 0 Å². The lowest BCUT2D eigenvalue weighted by Gasteiger charge is -2.43. The number of carbonyl (C=O) groups excluding carboxylic acids is 2. The van der Waals surface area contributed by atoms with Crippen molar-refractivity contribution in [1.29, 1.82) is 0 Å². The van der Waals surface area contributed by atoms with E-state index in [4.69, 9.17) is 5.73 Å². The summed E-state index contributed by atoms with van der Waals surface area (Å²) in [5, 5.41) is 0. The molecule has 1 fully saturated rings. The Hall–Kier alpha value is -1.36. The molecule has 2 atom stereocenters. The number of amides is 2. The van der Waals surface area contributed by atoms with Gasteiger partial charge >= 0.3 is 0 Å². The summed E-state index contributed by atoms with van der Waals surface area (Å²) < 4.78 is 0. The normalized spacial score (nSPS) is 22.9. The van der Waals surface area contributed by atoms with Gasteiger partial charge in [-0.2, -0.15) is 0 Å². The molecule has 2 amide bonds. The Kier molecular flexibility index (Phi) is 4.90. The van der Waals surface area contributed by atoms with Gasteiger partial charge in [0, 0.05) is 25.7 Å². The van der Waals surface area contributed by atoms with Crippen molar-refractivity contribution in [2.75, 3.05) is 19.6 Å². The van der Waals surface area contributed by atoms with Crippen LogP contribution in [0.3, 0.4) is 0 Å². The zero-order valence-electron chi connectivity index (χ0n) is 11.4. The number of nitrogens with two attached hydrogens (primary N) is 1. The summed E-state index contributed by atoms with van der Waals surface area (Å²) in [6.07, 6.45) is 1.33. The molecule has 2 unspecified atom stereocenters. The molecule has 18 heavy (non-hydrogen) atoms. The first-order valence-electron chi connectivity index (χ1n) is 6.34. The number of nitrogens with zero attached hydrogens (tertiary/aromatic N) is 2. The highest BCUT2D eigenvalue weighted by molar-refractivity contribution is 5.87. The zero-order chi connectivity index (χ0) is 13.9. The van der Waals surface area contributed by atoms with Crippen LogP contribution in [0.5, 0.6) is 0 Å². The van der Waals surface area contributed by atoms with E-state index in [0.29, 0.717) is 19.6 Å². The number of primary amides is 1. The summed E-state index contributed by atoms with van der Waals surface area (Å²) in [6.45, 7) is 11.4. The van der Waals surface area contributed by atoms with E-state index in [2.05, 4.69) is 11.5 Å². The van der Waals surface area contributed by atoms with Crippen LogP contribution in [0.25, 0.3) is 0 Å². The molecule has 1 heterocycles. The molecule has 0 aromatic heterocycles. The Labute approximate surface area is 109 Å². The van der Waals surface area contributed by atoms with Crippen LogP contribution in [-0.4, -0.2) is 53.3 Å². The molecule has 1 aliphatic rings. The van der Waals surface area contributed by atoms with Crippen LogP contribution in [0, 0.1) is 5.92 Å². The summed E-state index contributed by atoms with van der Waals surface area (Å²) in [6, 6.07) is -0.182. The van der Waals surface area contributed by atoms with E-state index in [1.165, 1.54) is 6.08 Å². The Balaban J connectivity index is 2.73. The third-order valence-electron chi connectivity index (χ3n) is 3.43. The maximum atomic E-state index is 11.6. The third kappa shape index (κ3) is 3.10. The molecule has 1 aliphatic heterocycles. The fourth-order valence-electron chi connectivity index (χ4n) is 2.61. The smallest absolute Gasteiger partial charge is 0.246 e. The lowest BCUT2D eigenvalue weighted by Crippen LogP contribution is -2.59. The van der Waals surface area contributed by atoms with E-state index in [1.54, 1.807) is 4.90 Å². The third-order valence-corrected chi connectivity index (χ3v) is 3.43. The molecular weight excluding hydrogens is 230 g/mol. The van der Waals surface area contributed by atoms with Crippen molar-refractivity contribution < 1.29 is 9.59 Å². The van der Waals surface area contributed by atoms with Crippen molar-refractivity contribution in [3.8, 4) is 0 Å². The SMILES string of the molecule is C=CC(=O)N1CCN(C(C(N)=O)C(C)C)CC1C. The van der Waals surface area contributed by atoms with Crippen molar-refractivity contribution in [3.63, 3.8) is 0 Å². The van der Waals surface area contributed by atoms with E-state index >= 15 is 0 Å². The van der Waals surface area contributed by atoms with Crippen molar-refractivity contribution in [3.05, 3.63) is 12.7 Å². The van der Waals surface area contributed by atoms with Crippen LogP contribution in [0.4, 0.5) is 0 Å². The quantitative estimate of drug-likeness (QED) is 0.729. The molecule has 0 saturated carbocycles. The predicted octanol–water partition coefficient (Wildman–Crippen LogP) is 0.215. The van der Waals surface area contributed by atoms with Gasteiger partial charge in [0.2, 0.25) is 11.8 Å². The van der Waals surface area contributed by atoms with Gasteiger partial charge in [0.05, 0.1) is 6.04 Å². The molecule has 5 heteroatoms. The van der Waals surface area contributed by atoms with Gasteiger partial charge in [0.25, 0.3) is 0 Å². The monoisotopic (exact) mass is 253 g/mol. The number of hydrogen-bond donors (Lipinski definition) is 1. The van der Waals surface area contributed by atoms with Gasteiger partial charge in [-0.25, -0.2) is 0 Å². The first kappa shape index (κ1) is 14.7. The van der Waals surface area contributed by atoms with Crippen LogP contribution in [0.1, 0.15) is 20.8 Å². The van der Waals surface area contributed by atoms with Gasteiger partial charge < -0.3 is 10.6 Å². The molecule has 2 N–H and O–H groups in total. The van der Waals surface area contributed by atoms with Crippen molar-refractivity contribution >= 4 is 11.8 Å². The second-order valence-corrected chi connectivity index (χ2v) is 5.17. The summed E-state index contributed by atoms with van der Waals surface area (Å²) in [7, 11) is 0. The van der Waals surface area contributed by atoms with Gasteiger partial charge in [0.1, 0.15) is 0 Å². The van der Waals surface area contributed by atoms with Gasteiger partial charge in [0.15, 0.2) is 0 Å². The predicted molar refractivity (Wildman–Crippen MR) is 70.8 cm³/mol. The largest absolute Gasteiger partial charge is 0.368 e. The van der Waals surface area contributed by atoms with Gasteiger partial charge in [-0.1, -0.05) is 20.4 Å². The molecule has 102 valence electrons. The highest BCUT2D eigenvalue weighted by atomic mass is 16.2. The van der Waals surface area contributed by atoms with Gasteiger partial charge in [-0.3, -0.25) is 14.5 Å². The lowest BCUT2D eigenvalue weighted by molar-refractivity contribution is -0.133.